The van der Waals surface area contributed by atoms with Crippen molar-refractivity contribution in [1.82, 2.24) is 10.6 Å². The summed E-state index contributed by atoms with van der Waals surface area (Å²) in [7, 11) is 0. The standard InChI is InChI=1S/C15H20F2N2O3/c1-8(2)13(15(22)18-9(3)7-20)19-14(21)12-10(16)5-4-6-11(12)17/h4-6,8-9,13,20H,7H2,1-3H3,(H,18,22)(H,19,21). The third-order valence-electron chi connectivity index (χ3n) is 3.09. The van der Waals surface area contributed by atoms with Crippen LogP contribution in [0, 0.1) is 17.6 Å². The minimum atomic E-state index is -0.999. The highest BCUT2D eigenvalue weighted by molar-refractivity contribution is 5.98. The molecule has 5 nitrogen and oxygen atoms in total. The summed E-state index contributed by atoms with van der Waals surface area (Å²) in [6.45, 7) is 4.71. The zero-order valence-electron chi connectivity index (χ0n) is 12.7. The molecule has 3 N–H and O–H groups in total. The minimum absolute atomic E-state index is 0.257. The molecule has 1 aromatic carbocycles. The summed E-state index contributed by atoms with van der Waals surface area (Å²) >= 11 is 0. The molecule has 0 spiro atoms. The van der Waals surface area contributed by atoms with Crippen molar-refractivity contribution in [1.29, 1.82) is 0 Å². The van der Waals surface area contributed by atoms with Gasteiger partial charge in [0.15, 0.2) is 0 Å². The first kappa shape index (κ1) is 18.0. The van der Waals surface area contributed by atoms with Crippen LogP contribution in [0.3, 0.4) is 0 Å². The number of aliphatic hydroxyl groups is 1. The fourth-order valence-electron chi connectivity index (χ4n) is 1.84. The summed E-state index contributed by atoms with van der Waals surface area (Å²) < 4.78 is 27.2. The number of carbonyl (C=O) groups excluding carboxylic acids is 2. The molecule has 0 fully saturated rings. The third-order valence-corrected chi connectivity index (χ3v) is 3.09. The van der Waals surface area contributed by atoms with Gasteiger partial charge in [0.1, 0.15) is 23.2 Å². The molecule has 2 atom stereocenters. The molecule has 0 radical (unpaired) electrons. The van der Waals surface area contributed by atoms with Crippen molar-refractivity contribution < 1.29 is 23.5 Å². The van der Waals surface area contributed by atoms with E-state index in [0.717, 1.165) is 18.2 Å². The predicted octanol–water partition coefficient (Wildman–Crippen LogP) is 1.22. The Labute approximate surface area is 127 Å². The van der Waals surface area contributed by atoms with Crippen LogP contribution in [0.2, 0.25) is 0 Å². The average Bonchev–Trinajstić information content (AvgIpc) is 2.43. The second kappa shape index (κ2) is 7.84. The first-order valence-electron chi connectivity index (χ1n) is 6.94. The summed E-state index contributed by atoms with van der Waals surface area (Å²) in [5, 5.41) is 13.8. The highest BCUT2D eigenvalue weighted by Gasteiger charge is 2.27. The van der Waals surface area contributed by atoms with E-state index >= 15 is 0 Å². The predicted molar refractivity (Wildman–Crippen MR) is 77.1 cm³/mol. The first-order valence-corrected chi connectivity index (χ1v) is 6.94. The minimum Gasteiger partial charge on any atom is -0.394 e. The van der Waals surface area contributed by atoms with Gasteiger partial charge in [-0.05, 0) is 25.0 Å². The summed E-state index contributed by atoms with van der Waals surface area (Å²) in [5.74, 6) is -3.82. The van der Waals surface area contributed by atoms with Crippen molar-refractivity contribution >= 4 is 11.8 Å². The summed E-state index contributed by atoms with van der Waals surface area (Å²) in [6.07, 6.45) is 0. The number of carbonyl (C=O) groups is 2. The maximum atomic E-state index is 13.6. The van der Waals surface area contributed by atoms with Crippen molar-refractivity contribution in [2.45, 2.75) is 32.9 Å². The lowest BCUT2D eigenvalue weighted by Gasteiger charge is -2.23. The van der Waals surface area contributed by atoms with Crippen molar-refractivity contribution in [3.8, 4) is 0 Å². The van der Waals surface area contributed by atoms with Gasteiger partial charge in [-0.3, -0.25) is 9.59 Å². The molecule has 1 rings (SSSR count). The number of benzene rings is 1. The highest BCUT2D eigenvalue weighted by Crippen LogP contribution is 2.13. The van der Waals surface area contributed by atoms with Crippen LogP contribution < -0.4 is 10.6 Å². The zero-order chi connectivity index (χ0) is 16.9. The van der Waals surface area contributed by atoms with E-state index in [9.17, 15) is 18.4 Å². The second-order valence-electron chi connectivity index (χ2n) is 5.38. The van der Waals surface area contributed by atoms with Gasteiger partial charge in [-0.1, -0.05) is 19.9 Å². The first-order chi connectivity index (χ1) is 10.3. The van der Waals surface area contributed by atoms with Gasteiger partial charge < -0.3 is 15.7 Å². The molecule has 0 aliphatic heterocycles. The molecule has 0 aromatic heterocycles. The van der Waals surface area contributed by atoms with Gasteiger partial charge in [0.2, 0.25) is 5.91 Å². The lowest BCUT2D eigenvalue weighted by atomic mass is 10.0. The van der Waals surface area contributed by atoms with Gasteiger partial charge in [-0.25, -0.2) is 8.78 Å². The molecule has 0 heterocycles. The van der Waals surface area contributed by atoms with Gasteiger partial charge in [-0.15, -0.1) is 0 Å². The van der Waals surface area contributed by atoms with Crippen LogP contribution in [0.4, 0.5) is 8.78 Å². The van der Waals surface area contributed by atoms with Crippen molar-refractivity contribution in [2.75, 3.05) is 6.61 Å². The quantitative estimate of drug-likeness (QED) is 0.739. The molecule has 2 unspecified atom stereocenters. The average molecular weight is 314 g/mol. The molecule has 2 amide bonds. The second-order valence-corrected chi connectivity index (χ2v) is 5.38. The molecule has 0 bridgehead atoms. The lowest BCUT2D eigenvalue weighted by molar-refractivity contribution is -0.124. The van der Waals surface area contributed by atoms with Crippen molar-refractivity contribution in [2.24, 2.45) is 5.92 Å². The number of halogens is 2. The van der Waals surface area contributed by atoms with Crippen molar-refractivity contribution in [3.05, 3.63) is 35.4 Å². The lowest BCUT2D eigenvalue weighted by Crippen LogP contribution is -2.52. The Morgan fingerprint density at radius 1 is 1.14 bits per heavy atom. The van der Waals surface area contributed by atoms with Crippen LogP contribution in [0.5, 0.6) is 0 Å². The summed E-state index contributed by atoms with van der Waals surface area (Å²) in [4.78, 5) is 24.1. The largest absolute Gasteiger partial charge is 0.394 e. The number of amides is 2. The highest BCUT2D eigenvalue weighted by atomic mass is 19.1. The van der Waals surface area contributed by atoms with Crippen LogP contribution in [-0.2, 0) is 4.79 Å². The number of rotatable bonds is 6. The monoisotopic (exact) mass is 314 g/mol. The fraction of sp³-hybridized carbons (Fsp3) is 0.467. The van der Waals surface area contributed by atoms with Gasteiger partial charge in [0.25, 0.3) is 5.91 Å². The number of nitrogens with one attached hydrogen (secondary N) is 2. The Bertz CT molecular complexity index is 529. The van der Waals surface area contributed by atoms with Crippen LogP contribution in [0.25, 0.3) is 0 Å². The molecule has 0 aliphatic rings. The van der Waals surface area contributed by atoms with E-state index in [1.165, 1.54) is 0 Å². The van der Waals surface area contributed by atoms with Crippen LogP contribution in [-0.4, -0.2) is 35.6 Å². The Hall–Kier alpha value is -2.02. The third kappa shape index (κ3) is 4.49. The maximum absolute atomic E-state index is 13.6. The zero-order valence-corrected chi connectivity index (χ0v) is 12.7. The van der Waals surface area contributed by atoms with Crippen LogP contribution >= 0.6 is 0 Å². The van der Waals surface area contributed by atoms with E-state index in [-0.39, 0.29) is 12.5 Å². The summed E-state index contributed by atoms with van der Waals surface area (Å²) in [5.41, 5.74) is -0.726. The molecule has 0 saturated heterocycles. The van der Waals surface area contributed by atoms with E-state index in [2.05, 4.69) is 10.6 Å². The summed E-state index contributed by atoms with van der Waals surface area (Å²) in [6, 6.07) is 1.63. The Morgan fingerprint density at radius 2 is 1.68 bits per heavy atom. The van der Waals surface area contributed by atoms with Crippen LogP contribution in [0.1, 0.15) is 31.1 Å². The Balaban J connectivity index is 2.92. The number of hydrogen-bond donors (Lipinski definition) is 3. The van der Waals surface area contributed by atoms with Gasteiger partial charge in [0.05, 0.1) is 6.61 Å². The molecular formula is C15H20F2N2O3. The van der Waals surface area contributed by atoms with Crippen molar-refractivity contribution in [3.63, 3.8) is 0 Å². The Kier molecular flexibility index (Phi) is 6.42. The fourth-order valence-corrected chi connectivity index (χ4v) is 1.84. The van der Waals surface area contributed by atoms with E-state index < -0.39 is 41.1 Å². The van der Waals surface area contributed by atoms with Crippen LogP contribution in [0.15, 0.2) is 18.2 Å². The molecular weight excluding hydrogens is 294 g/mol. The van der Waals surface area contributed by atoms with E-state index in [0.29, 0.717) is 0 Å². The van der Waals surface area contributed by atoms with Gasteiger partial charge in [-0.2, -0.15) is 0 Å². The normalized spacial score (nSPS) is 13.6. The Morgan fingerprint density at radius 3 is 2.14 bits per heavy atom. The number of aliphatic hydroxyl groups excluding tert-OH is 1. The van der Waals surface area contributed by atoms with E-state index in [4.69, 9.17) is 5.11 Å². The molecule has 0 saturated carbocycles. The van der Waals surface area contributed by atoms with E-state index in [1.54, 1.807) is 20.8 Å². The van der Waals surface area contributed by atoms with Gasteiger partial charge >= 0.3 is 0 Å². The molecule has 22 heavy (non-hydrogen) atoms. The molecule has 122 valence electrons. The molecule has 7 heteroatoms. The SMILES string of the molecule is CC(CO)NC(=O)C(NC(=O)c1c(F)cccc1F)C(C)C. The maximum Gasteiger partial charge on any atom is 0.257 e. The molecule has 1 aromatic rings. The van der Waals surface area contributed by atoms with E-state index in [1.807, 2.05) is 0 Å². The topological polar surface area (TPSA) is 78.4 Å². The number of hydrogen-bond acceptors (Lipinski definition) is 3. The smallest absolute Gasteiger partial charge is 0.257 e. The molecule has 0 aliphatic carbocycles. The van der Waals surface area contributed by atoms with Gasteiger partial charge in [0, 0.05) is 6.04 Å².